The van der Waals surface area contributed by atoms with E-state index in [-0.39, 0.29) is 0 Å². The van der Waals surface area contributed by atoms with Crippen LogP contribution in [0.25, 0.3) is 21.9 Å². The minimum atomic E-state index is 0.475. The van der Waals surface area contributed by atoms with Gasteiger partial charge in [-0.25, -0.2) is 0 Å². The lowest BCUT2D eigenvalue weighted by Gasteiger charge is -1.96. The molecular weight excluding hydrogens is 279 g/mol. The minimum Gasteiger partial charge on any atom is -0.463 e. The summed E-state index contributed by atoms with van der Waals surface area (Å²) >= 11 is 3.47. The van der Waals surface area contributed by atoms with Gasteiger partial charge in [0.2, 0.25) is 0 Å². The van der Waals surface area contributed by atoms with Gasteiger partial charge in [0, 0.05) is 5.39 Å². The second kappa shape index (κ2) is 5.00. The highest BCUT2D eigenvalue weighted by atomic mass is 79.9. The Morgan fingerprint density at radius 1 is 1.18 bits per heavy atom. The molecule has 2 aromatic heterocycles. The van der Waals surface area contributed by atoms with Crippen LogP contribution in [0, 0.1) is 0 Å². The SMILES string of the molecule is CC.[B]Cc1coc2c1cc(Br)c1occc12. The molecule has 2 nitrogen and oxygen atoms in total. The molecule has 1 aromatic carbocycles. The zero-order chi connectivity index (χ0) is 12.4. The summed E-state index contributed by atoms with van der Waals surface area (Å²) in [5.74, 6) is 0. The predicted molar refractivity (Wildman–Crippen MR) is 74.5 cm³/mol. The molecule has 0 saturated heterocycles. The van der Waals surface area contributed by atoms with Crippen molar-refractivity contribution in [2.45, 2.75) is 20.2 Å². The summed E-state index contributed by atoms with van der Waals surface area (Å²) in [5.41, 5.74) is 2.65. The molecule has 0 aliphatic carbocycles. The van der Waals surface area contributed by atoms with Gasteiger partial charge in [0.1, 0.15) is 5.58 Å². The monoisotopic (exact) mass is 290 g/mol. The van der Waals surface area contributed by atoms with E-state index in [1.807, 2.05) is 26.0 Å². The number of hydrogen-bond acceptors (Lipinski definition) is 2. The summed E-state index contributed by atoms with van der Waals surface area (Å²) in [4.78, 5) is 0. The number of furan rings is 2. The fourth-order valence-electron chi connectivity index (χ4n) is 1.79. The van der Waals surface area contributed by atoms with Crippen LogP contribution in [0.4, 0.5) is 0 Å². The van der Waals surface area contributed by atoms with Crippen LogP contribution in [0.15, 0.2) is 38.0 Å². The molecule has 3 rings (SSSR count). The van der Waals surface area contributed by atoms with Gasteiger partial charge < -0.3 is 8.83 Å². The van der Waals surface area contributed by atoms with E-state index >= 15 is 0 Å². The number of fused-ring (bicyclic) bond motifs is 3. The van der Waals surface area contributed by atoms with Crippen LogP contribution in [0.1, 0.15) is 19.4 Å². The van der Waals surface area contributed by atoms with Gasteiger partial charge in [-0.05, 0) is 33.6 Å². The molecule has 86 valence electrons. The third-order valence-corrected chi connectivity index (χ3v) is 3.12. The molecule has 2 radical (unpaired) electrons. The first-order valence-corrected chi connectivity index (χ1v) is 6.36. The maximum absolute atomic E-state index is 5.63. The summed E-state index contributed by atoms with van der Waals surface area (Å²) < 4.78 is 11.8. The smallest absolute Gasteiger partial charge is 0.151 e. The molecule has 0 N–H and O–H groups in total. The second-order valence-electron chi connectivity index (χ2n) is 3.36. The highest BCUT2D eigenvalue weighted by Gasteiger charge is 2.12. The van der Waals surface area contributed by atoms with Crippen molar-refractivity contribution in [1.82, 2.24) is 0 Å². The Balaban J connectivity index is 0.000000514. The van der Waals surface area contributed by atoms with Crippen LogP contribution < -0.4 is 0 Å². The lowest BCUT2D eigenvalue weighted by Crippen LogP contribution is -1.80. The number of rotatable bonds is 1. The lowest BCUT2D eigenvalue weighted by molar-refractivity contribution is 0.609. The number of hydrogen-bond donors (Lipinski definition) is 0. The average molecular weight is 291 g/mol. The molecule has 0 spiro atoms. The molecule has 0 fully saturated rings. The molecule has 0 aliphatic heterocycles. The summed E-state index contributed by atoms with van der Waals surface area (Å²) in [5, 5.41) is 2.01. The maximum Gasteiger partial charge on any atom is 0.151 e. The van der Waals surface area contributed by atoms with Crippen molar-refractivity contribution in [2.24, 2.45) is 0 Å². The van der Waals surface area contributed by atoms with Gasteiger partial charge in [0.25, 0.3) is 0 Å². The van der Waals surface area contributed by atoms with Gasteiger partial charge in [-0.15, -0.1) is 0 Å². The molecule has 4 heteroatoms. The number of halogens is 1. The summed E-state index contributed by atoms with van der Waals surface area (Å²) in [6.45, 7) is 4.00. The normalized spacial score (nSPS) is 10.5. The molecule has 0 saturated carbocycles. The van der Waals surface area contributed by atoms with Gasteiger partial charge in [0.05, 0.1) is 30.2 Å². The predicted octanol–water partition coefficient (Wildman–Crippen LogP) is 4.64. The molecule has 2 heterocycles. The van der Waals surface area contributed by atoms with Gasteiger partial charge in [-0.2, -0.15) is 0 Å². The van der Waals surface area contributed by atoms with E-state index in [0.717, 1.165) is 32.0 Å². The third-order valence-electron chi connectivity index (χ3n) is 2.53. The summed E-state index contributed by atoms with van der Waals surface area (Å²) in [6, 6.07) is 3.87. The highest BCUT2D eigenvalue weighted by molar-refractivity contribution is 9.10. The van der Waals surface area contributed by atoms with E-state index in [4.69, 9.17) is 16.7 Å². The lowest BCUT2D eigenvalue weighted by atomic mass is 9.96. The first-order valence-electron chi connectivity index (χ1n) is 5.57. The average Bonchev–Trinajstić information content (AvgIpc) is 2.96. The zero-order valence-electron chi connectivity index (χ0n) is 9.79. The minimum absolute atomic E-state index is 0.475. The first-order chi connectivity index (χ1) is 8.31. The largest absolute Gasteiger partial charge is 0.463 e. The van der Waals surface area contributed by atoms with Crippen molar-refractivity contribution >= 4 is 45.7 Å². The Kier molecular flexibility index (Phi) is 3.62. The van der Waals surface area contributed by atoms with Gasteiger partial charge in [-0.3, -0.25) is 0 Å². The van der Waals surface area contributed by atoms with E-state index in [2.05, 4.69) is 15.9 Å². The Bertz CT molecular complexity index is 639. The molecule has 0 bridgehead atoms. The highest BCUT2D eigenvalue weighted by Crippen LogP contribution is 2.35. The standard InChI is InChI=1S/C11H6BBrO2.C2H6/c12-4-6-5-15-10-7-1-2-14-11(7)9(13)3-8(6)10;1-2/h1-3,5H,4H2;1-2H3. The van der Waals surface area contributed by atoms with Crippen LogP contribution in [0.2, 0.25) is 0 Å². The number of benzene rings is 1. The first kappa shape index (κ1) is 12.3. The van der Waals surface area contributed by atoms with Gasteiger partial charge in [0.15, 0.2) is 5.58 Å². The topological polar surface area (TPSA) is 26.3 Å². The Morgan fingerprint density at radius 2 is 1.94 bits per heavy atom. The summed E-state index contributed by atoms with van der Waals surface area (Å²) in [7, 11) is 5.63. The van der Waals surface area contributed by atoms with Crippen LogP contribution in [0.3, 0.4) is 0 Å². The summed E-state index contributed by atoms with van der Waals surface area (Å²) in [6.07, 6.45) is 3.83. The van der Waals surface area contributed by atoms with E-state index in [1.165, 1.54) is 0 Å². The van der Waals surface area contributed by atoms with Crippen molar-refractivity contribution in [1.29, 1.82) is 0 Å². The molecular formula is C13H12BBrO2. The van der Waals surface area contributed by atoms with Crippen LogP contribution in [-0.2, 0) is 6.32 Å². The van der Waals surface area contributed by atoms with Crippen molar-refractivity contribution < 1.29 is 8.83 Å². The van der Waals surface area contributed by atoms with Crippen molar-refractivity contribution in [3.63, 3.8) is 0 Å². The maximum atomic E-state index is 5.63. The Hall–Kier alpha value is -1.16. The fraction of sp³-hybridized carbons (Fsp3) is 0.231. The quantitative estimate of drug-likeness (QED) is 0.611. The fourth-order valence-corrected chi connectivity index (χ4v) is 2.33. The second-order valence-corrected chi connectivity index (χ2v) is 4.22. The van der Waals surface area contributed by atoms with Gasteiger partial charge in [-0.1, -0.05) is 20.2 Å². The van der Waals surface area contributed by atoms with Crippen LogP contribution >= 0.6 is 15.9 Å². The Labute approximate surface area is 110 Å². The third kappa shape index (κ3) is 1.91. The van der Waals surface area contributed by atoms with Crippen molar-refractivity contribution in [3.05, 3.63) is 34.7 Å². The molecule has 0 unspecified atom stereocenters. The van der Waals surface area contributed by atoms with Crippen LogP contribution in [0.5, 0.6) is 0 Å². The van der Waals surface area contributed by atoms with E-state index in [1.54, 1.807) is 12.5 Å². The Morgan fingerprint density at radius 3 is 2.65 bits per heavy atom. The van der Waals surface area contributed by atoms with Crippen molar-refractivity contribution in [3.8, 4) is 0 Å². The molecule has 0 aliphatic rings. The van der Waals surface area contributed by atoms with E-state index in [0.29, 0.717) is 6.32 Å². The van der Waals surface area contributed by atoms with Gasteiger partial charge >= 0.3 is 0 Å². The molecule has 3 aromatic rings. The van der Waals surface area contributed by atoms with E-state index < -0.39 is 0 Å². The van der Waals surface area contributed by atoms with E-state index in [9.17, 15) is 0 Å². The zero-order valence-corrected chi connectivity index (χ0v) is 11.4. The van der Waals surface area contributed by atoms with Crippen molar-refractivity contribution in [2.75, 3.05) is 0 Å². The molecule has 0 atom stereocenters. The molecule has 0 amide bonds. The molecule has 17 heavy (non-hydrogen) atoms. The van der Waals surface area contributed by atoms with Crippen LogP contribution in [-0.4, -0.2) is 7.85 Å².